The maximum atomic E-state index is 12.5. The van der Waals surface area contributed by atoms with Crippen LogP contribution in [0.5, 0.6) is 0 Å². The molecule has 0 bridgehead atoms. The summed E-state index contributed by atoms with van der Waals surface area (Å²) < 4.78 is 0. The van der Waals surface area contributed by atoms with Gasteiger partial charge in [-0.1, -0.05) is 48.3 Å². The van der Waals surface area contributed by atoms with Crippen LogP contribution in [0.2, 0.25) is 10.0 Å². The smallest absolute Gasteiger partial charge is 0.225 e. The molecule has 0 spiro atoms. The Kier molecular flexibility index (Phi) is 8.54. The molecule has 2 rings (SSSR count). The zero-order valence-electron chi connectivity index (χ0n) is 15.1. The Morgan fingerprint density at radius 1 is 1.37 bits per heavy atom. The first-order valence-electron chi connectivity index (χ1n) is 8.43. The lowest BCUT2D eigenvalue weighted by molar-refractivity contribution is -0.122. The van der Waals surface area contributed by atoms with Gasteiger partial charge in [0.15, 0.2) is 0 Å². The van der Waals surface area contributed by atoms with Crippen LogP contribution in [0.25, 0.3) is 0 Å². The Labute approximate surface area is 180 Å². The molecule has 3 unspecified atom stereocenters. The molecule has 1 aliphatic rings. The second kappa shape index (κ2) is 10.00. The van der Waals surface area contributed by atoms with E-state index in [2.05, 4.69) is 14.6 Å². The number of benzene rings is 1. The third-order valence-corrected chi connectivity index (χ3v) is 8.24. The second-order valence-corrected chi connectivity index (χ2v) is 10.8. The van der Waals surface area contributed by atoms with Crippen molar-refractivity contribution >= 4 is 68.2 Å². The van der Waals surface area contributed by atoms with Gasteiger partial charge < -0.3 is 10.4 Å². The van der Waals surface area contributed by atoms with Gasteiger partial charge in [0.2, 0.25) is 5.91 Å². The third-order valence-electron chi connectivity index (χ3n) is 3.95. The highest BCUT2D eigenvalue weighted by atomic mass is 35.5. The van der Waals surface area contributed by atoms with Gasteiger partial charge in [0, 0.05) is 20.3 Å². The molecule has 27 heavy (non-hydrogen) atoms. The zero-order chi connectivity index (χ0) is 20.2. The van der Waals surface area contributed by atoms with Gasteiger partial charge in [0.25, 0.3) is 0 Å². The Hall–Kier alpha value is -0.230. The van der Waals surface area contributed by atoms with Crippen molar-refractivity contribution in [3.8, 4) is 0 Å². The first kappa shape index (κ1) is 23.1. The summed E-state index contributed by atoms with van der Waals surface area (Å²) in [7, 11) is 2.64. The molecule has 2 N–H and O–H groups in total. The summed E-state index contributed by atoms with van der Waals surface area (Å²) in [5, 5.41) is 13.0. The molecule has 9 heteroatoms. The van der Waals surface area contributed by atoms with E-state index in [0.29, 0.717) is 26.8 Å². The van der Waals surface area contributed by atoms with Gasteiger partial charge in [-0.2, -0.15) is 0 Å². The van der Waals surface area contributed by atoms with Crippen LogP contribution >= 0.6 is 56.0 Å². The lowest BCUT2D eigenvalue weighted by Crippen LogP contribution is -2.40. The van der Waals surface area contributed by atoms with Gasteiger partial charge in [0.1, 0.15) is 6.29 Å². The third kappa shape index (κ3) is 5.88. The van der Waals surface area contributed by atoms with Crippen molar-refractivity contribution in [3.63, 3.8) is 0 Å². The molecule has 1 heterocycles. The van der Waals surface area contributed by atoms with E-state index < -0.39 is 5.28 Å². The van der Waals surface area contributed by atoms with Crippen LogP contribution in [-0.2, 0) is 9.59 Å². The summed E-state index contributed by atoms with van der Waals surface area (Å²) in [6.45, 7) is 3.79. The summed E-state index contributed by atoms with van der Waals surface area (Å²) in [4.78, 5) is 26.4. The normalized spacial score (nSPS) is 20.4. The number of carbonyl (C=O) groups excluding carboxylic acids is 2. The number of carbonyl (C=O) groups is 2. The van der Waals surface area contributed by atoms with Crippen LogP contribution < -0.4 is 5.32 Å². The minimum absolute atomic E-state index is 0.0515. The van der Waals surface area contributed by atoms with Crippen molar-refractivity contribution in [1.29, 1.82) is 0 Å². The molecule has 0 aliphatic carbocycles. The molecule has 0 aromatic heterocycles. The van der Waals surface area contributed by atoms with Crippen molar-refractivity contribution in [2.75, 3.05) is 6.61 Å². The fourth-order valence-corrected chi connectivity index (χ4v) is 6.53. The first-order chi connectivity index (χ1) is 12.7. The van der Waals surface area contributed by atoms with Gasteiger partial charge in [-0.05, 0) is 25.5 Å². The largest absolute Gasteiger partial charge is 0.395 e. The fraction of sp³-hybridized carbons (Fsp3) is 0.444. The summed E-state index contributed by atoms with van der Waals surface area (Å²) in [5.74, 6) is -0.235. The predicted octanol–water partition coefficient (Wildman–Crippen LogP) is 4.90. The van der Waals surface area contributed by atoms with E-state index in [0.717, 1.165) is 22.6 Å². The molecule has 148 valence electrons. The molecule has 0 fully saturated rings. The van der Waals surface area contributed by atoms with Gasteiger partial charge in [-0.25, -0.2) is 0 Å². The number of amides is 1. The molecule has 0 radical (unpaired) electrons. The van der Waals surface area contributed by atoms with Crippen molar-refractivity contribution in [2.24, 2.45) is 0 Å². The van der Waals surface area contributed by atoms with Crippen LogP contribution in [0.15, 0.2) is 32.4 Å². The number of aliphatic hydroxyl groups excluding tert-OH is 1. The number of aldehydes is 1. The number of rotatable bonds is 7. The Balaban J connectivity index is 2.32. The minimum Gasteiger partial charge on any atom is -0.395 e. The molecule has 0 saturated carbocycles. The lowest BCUT2D eigenvalue weighted by atomic mass is 10.1. The average Bonchev–Trinajstić information content (AvgIpc) is 2.61. The highest BCUT2D eigenvalue weighted by molar-refractivity contribution is 8.09. The molecular weight excluding hydrogens is 444 g/mol. The summed E-state index contributed by atoms with van der Waals surface area (Å²) in [6, 6.07) is 3.41. The van der Waals surface area contributed by atoms with Crippen molar-refractivity contribution in [2.45, 2.75) is 53.4 Å². The second-order valence-electron chi connectivity index (χ2n) is 6.48. The Morgan fingerprint density at radius 3 is 2.56 bits per heavy atom. The van der Waals surface area contributed by atoms with E-state index in [1.54, 1.807) is 12.1 Å². The molecule has 1 aliphatic heterocycles. The topological polar surface area (TPSA) is 66.4 Å². The van der Waals surface area contributed by atoms with E-state index in [-0.39, 0.29) is 24.2 Å². The maximum Gasteiger partial charge on any atom is 0.225 e. The summed E-state index contributed by atoms with van der Waals surface area (Å²) in [5.41, 5.74) is 0.350. The van der Waals surface area contributed by atoms with Crippen molar-refractivity contribution < 1.29 is 14.7 Å². The van der Waals surface area contributed by atoms with Crippen LogP contribution in [0, 0.1) is 0 Å². The molecule has 1 aromatic rings. The minimum atomic E-state index is -0.418. The van der Waals surface area contributed by atoms with Crippen LogP contribution in [-0.4, -0.2) is 34.4 Å². The van der Waals surface area contributed by atoms with Crippen molar-refractivity contribution in [1.82, 2.24) is 5.32 Å². The Morgan fingerprint density at radius 2 is 2.00 bits per heavy atom. The van der Waals surface area contributed by atoms with Crippen LogP contribution in [0.4, 0.5) is 0 Å². The van der Waals surface area contributed by atoms with E-state index >= 15 is 0 Å². The quantitative estimate of drug-likeness (QED) is 0.340. The fourth-order valence-electron chi connectivity index (χ4n) is 2.79. The average molecular weight is 466 g/mol. The maximum absolute atomic E-state index is 12.5. The van der Waals surface area contributed by atoms with E-state index in [9.17, 15) is 14.7 Å². The lowest BCUT2D eigenvalue weighted by Gasteiger charge is -2.29. The summed E-state index contributed by atoms with van der Waals surface area (Å²) >= 11 is 15.2. The number of thioether (sulfide) groups is 2. The highest BCUT2D eigenvalue weighted by Gasteiger charge is 2.31. The molecular formula is C18H22Cl2NO3PS2. The molecule has 3 atom stereocenters. The number of halogens is 2. The van der Waals surface area contributed by atoms with Gasteiger partial charge in [-0.15, -0.1) is 21.0 Å². The van der Waals surface area contributed by atoms with Crippen molar-refractivity contribution in [3.05, 3.63) is 32.7 Å². The highest BCUT2D eigenvalue weighted by Crippen LogP contribution is 2.53. The van der Waals surface area contributed by atoms with Crippen LogP contribution in [0.1, 0.15) is 33.1 Å². The summed E-state index contributed by atoms with van der Waals surface area (Å²) in [6.07, 6.45) is 2.37. The Bertz CT molecular complexity index is 771. The molecule has 0 saturated heterocycles. The first-order valence-corrected chi connectivity index (χ1v) is 11.5. The molecule has 4 nitrogen and oxygen atoms in total. The zero-order valence-corrected chi connectivity index (χ0v) is 19.4. The monoisotopic (exact) mass is 465 g/mol. The number of hydrogen-bond donors (Lipinski definition) is 2. The van der Waals surface area contributed by atoms with Gasteiger partial charge in [0.05, 0.1) is 33.6 Å². The number of nitrogens with one attached hydrogen (secondary N) is 1. The molecule has 1 amide bonds. The number of aliphatic hydroxyl groups is 1. The standard InChI is InChI=1S/C18H22Cl2NO3PS2/c1-3-6-18(2,25)21-14(24)7-10(8-22)15-13(9-23)26-16-11(19)4-5-12(20)17(16)27-15/h4-5,8,13,23H,3,6-7,9,25H2,1-2H3,(H,21,24)/b15-10-. The number of hydrogen-bond acceptors (Lipinski definition) is 5. The van der Waals surface area contributed by atoms with Gasteiger partial charge in [-0.3, -0.25) is 9.59 Å². The van der Waals surface area contributed by atoms with E-state index in [1.165, 1.54) is 23.5 Å². The molecule has 1 aromatic carbocycles. The van der Waals surface area contributed by atoms with E-state index in [1.807, 2.05) is 13.8 Å². The number of fused-ring (bicyclic) bond motifs is 1. The van der Waals surface area contributed by atoms with E-state index in [4.69, 9.17) is 23.2 Å². The van der Waals surface area contributed by atoms with Crippen LogP contribution in [0.3, 0.4) is 0 Å². The predicted molar refractivity (Wildman–Crippen MR) is 118 cm³/mol. The van der Waals surface area contributed by atoms with Gasteiger partial charge >= 0.3 is 0 Å². The SMILES string of the molecule is CCCC(C)(P)NC(=O)C/C(C=O)=C1/Sc2c(Cl)ccc(Cl)c2SC1CO.